The van der Waals surface area contributed by atoms with Crippen molar-refractivity contribution in [1.29, 1.82) is 0 Å². The maximum atomic E-state index is 4.57. The predicted octanol–water partition coefficient (Wildman–Crippen LogP) is 2.33. The molecule has 1 atom stereocenters. The van der Waals surface area contributed by atoms with Crippen LogP contribution in [0.5, 0.6) is 0 Å². The summed E-state index contributed by atoms with van der Waals surface area (Å²) < 4.78 is 0. The summed E-state index contributed by atoms with van der Waals surface area (Å²) in [6, 6.07) is 10.5. The van der Waals surface area contributed by atoms with Crippen molar-refractivity contribution in [3.8, 4) is 0 Å². The third-order valence-corrected chi connectivity index (χ3v) is 2.47. The molecule has 14 heavy (non-hydrogen) atoms. The van der Waals surface area contributed by atoms with Crippen molar-refractivity contribution in [3.05, 3.63) is 47.7 Å². The van der Waals surface area contributed by atoms with Crippen molar-refractivity contribution in [3.63, 3.8) is 0 Å². The number of hydrogen-bond donors (Lipinski definition) is 1. The molecule has 72 valence electrons. The van der Waals surface area contributed by atoms with E-state index in [0.29, 0.717) is 0 Å². The molecule has 1 unspecified atom stereocenters. The summed E-state index contributed by atoms with van der Waals surface area (Å²) in [7, 11) is 0. The van der Waals surface area contributed by atoms with Crippen LogP contribution < -0.4 is 5.32 Å². The van der Waals surface area contributed by atoms with Crippen LogP contribution in [0.15, 0.2) is 47.1 Å². The Kier molecular flexibility index (Phi) is 2.35. The van der Waals surface area contributed by atoms with Gasteiger partial charge in [-0.3, -0.25) is 4.99 Å². The van der Waals surface area contributed by atoms with Crippen LogP contribution in [-0.4, -0.2) is 11.9 Å². The average Bonchev–Trinajstić information content (AvgIpc) is 2.23. The van der Waals surface area contributed by atoms with Crippen LogP contribution in [0.2, 0.25) is 0 Å². The lowest BCUT2D eigenvalue weighted by Gasteiger charge is -2.17. The molecule has 0 amide bonds. The Morgan fingerprint density at radius 3 is 2.57 bits per heavy atom. The molecule has 1 aromatic carbocycles. The minimum absolute atomic E-state index is 0.284. The lowest BCUT2D eigenvalue weighted by atomic mass is 10.1. The molecule has 0 aliphatic carbocycles. The second-order valence-electron chi connectivity index (χ2n) is 3.55. The normalized spacial score (nSPS) is 20.9. The number of nitrogens with zero attached hydrogens (tertiary/aromatic N) is 1. The van der Waals surface area contributed by atoms with Gasteiger partial charge in [-0.2, -0.15) is 0 Å². The maximum absolute atomic E-state index is 4.57. The van der Waals surface area contributed by atoms with Gasteiger partial charge in [-0.1, -0.05) is 30.3 Å². The maximum Gasteiger partial charge on any atom is 0.132 e. The summed E-state index contributed by atoms with van der Waals surface area (Å²) in [5, 5.41) is 3.20. The van der Waals surface area contributed by atoms with Crippen molar-refractivity contribution in [2.45, 2.75) is 19.9 Å². The summed E-state index contributed by atoms with van der Waals surface area (Å²) in [5.41, 5.74) is 2.41. The molecule has 2 heteroatoms. The predicted molar refractivity (Wildman–Crippen MR) is 59.3 cm³/mol. The van der Waals surface area contributed by atoms with Crippen molar-refractivity contribution in [1.82, 2.24) is 5.32 Å². The van der Waals surface area contributed by atoms with Crippen LogP contribution in [-0.2, 0) is 0 Å². The highest BCUT2D eigenvalue weighted by molar-refractivity contribution is 6.00. The molecule has 0 radical (unpaired) electrons. The average molecular weight is 186 g/mol. The summed E-state index contributed by atoms with van der Waals surface area (Å²) in [5.74, 6) is 0.962. The Bertz CT molecular complexity index is 377. The Morgan fingerprint density at radius 1 is 1.21 bits per heavy atom. The van der Waals surface area contributed by atoms with E-state index in [4.69, 9.17) is 0 Å². The zero-order chi connectivity index (χ0) is 9.97. The molecule has 0 saturated heterocycles. The first-order chi connectivity index (χ1) is 6.77. The van der Waals surface area contributed by atoms with Crippen molar-refractivity contribution in [2.24, 2.45) is 4.99 Å². The second-order valence-corrected chi connectivity index (χ2v) is 3.55. The molecule has 2 nitrogen and oxygen atoms in total. The first kappa shape index (κ1) is 9.00. The van der Waals surface area contributed by atoms with Crippen molar-refractivity contribution >= 4 is 5.84 Å². The third kappa shape index (κ3) is 1.69. The molecule has 1 N–H and O–H groups in total. The van der Waals surface area contributed by atoms with E-state index in [-0.39, 0.29) is 6.04 Å². The number of hydrogen-bond acceptors (Lipinski definition) is 2. The smallest absolute Gasteiger partial charge is 0.132 e. The number of amidine groups is 1. The molecule has 1 aliphatic rings. The number of rotatable bonds is 1. The zero-order valence-electron chi connectivity index (χ0n) is 8.49. The van der Waals surface area contributed by atoms with Gasteiger partial charge in [0.25, 0.3) is 0 Å². The standard InChI is InChI=1S/C12H14N2/c1-9-8-13-12(14-10(9)2)11-6-4-3-5-7-11/h3-8,10H,1-2H3,(H,13,14). The summed E-state index contributed by atoms with van der Waals surface area (Å²) in [6.07, 6.45) is 2.03. The molecule has 0 bridgehead atoms. The van der Waals surface area contributed by atoms with Crippen LogP contribution in [0, 0.1) is 0 Å². The van der Waals surface area contributed by atoms with E-state index < -0.39 is 0 Å². The number of benzene rings is 1. The van der Waals surface area contributed by atoms with E-state index in [9.17, 15) is 0 Å². The van der Waals surface area contributed by atoms with E-state index in [1.165, 1.54) is 5.57 Å². The van der Waals surface area contributed by atoms with E-state index >= 15 is 0 Å². The minimum atomic E-state index is 0.284. The highest BCUT2D eigenvalue weighted by atomic mass is 15.0. The SMILES string of the molecule is CC1=CNC(c2ccccc2)=NC1C. The third-order valence-electron chi connectivity index (χ3n) is 2.47. The van der Waals surface area contributed by atoms with E-state index in [0.717, 1.165) is 11.4 Å². The fraction of sp³-hybridized carbons (Fsp3) is 0.250. The molecule has 0 aromatic heterocycles. The lowest BCUT2D eigenvalue weighted by Crippen LogP contribution is -2.26. The number of aliphatic imine (C=N–C) groups is 1. The van der Waals surface area contributed by atoms with Crippen LogP contribution in [0.1, 0.15) is 19.4 Å². The Morgan fingerprint density at radius 2 is 1.93 bits per heavy atom. The Labute approximate surface area is 84.4 Å². The molecular weight excluding hydrogens is 172 g/mol. The van der Waals surface area contributed by atoms with Gasteiger partial charge >= 0.3 is 0 Å². The Hall–Kier alpha value is -1.57. The fourth-order valence-electron chi connectivity index (χ4n) is 1.39. The first-order valence-corrected chi connectivity index (χ1v) is 4.84. The van der Waals surface area contributed by atoms with Crippen molar-refractivity contribution in [2.75, 3.05) is 0 Å². The monoisotopic (exact) mass is 186 g/mol. The molecule has 0 fully saturated rings. The summed E-state index contributed by atoms with van der Waals surface area (Å²) in [6.45, 7) is 4.19. The van der Waals surface area contributed by atoms with Gasteiger partial charge in [0.1, 0.15) is 5.84 Å². The molecular formula is C12H14N2. The van der Waals surface area contributed by atoms with Gasteiger partial charge in [-0.05, 0) is 19.4 Å². The molecule has 1 aromatic rings. The van der Waals surface area contributed by atoms with Gasteiger partial charge in [-0.25, -0.2) is 0 Å². The molecule has 1 aliphatic heterocycles. The van der Waals surface area contributed by atoms with Gasteiger partial charge in [0.15, 0.2) is 0 Å². The van der Waals surface area contributed by atoms with E-state index in [2.05, 4.69) is 36.3 Å². The molecule has 0 saturated carbocycles. The van der Waals surface area contributed by atoms with Gasteiger partial charge < -0.3 is 5.32 Å². The highest BCUT2D eigenvalue weighted by Crippen LogP contribution is 2.11. The molecule has 2 rings (SSSR count). The zero-order valence-corrected chi connectivity index (χ0v) is 8.49. The fourth-order valence-corrected chi connectivity index (χ4v) is 1.39. The first-order valence-electron chi connectivity index (χ1n) is 4.84. The van der Waals surface area contributed by atoms with Crippen LogP contribution in [0.3, 0.4) is 0 Å². The van der Waals surface area contributed by atoms with Gasteiger partial charge in [0.05, 0.1) is 6.04 Å². The van der Waals surface area contributed by atoms with E-state index in [1.54, 1.807) is 0 Å². The second kappa shape index (κ2) is 3.66. The summed E-state index contributed by atoms with van der Waals surface area (Å²) >= 11 is 0. The van der Waals surface area contributed by atoms with Gasteiger partial charge in [-0.15, -0.1) is 0 Å². The Balaban J connectivity index is 2.27. The minimum Gasteiger partial charge on any atom is -0.346 e. The largest absolute Gasteiger partial charge is 0.346 e. The topological polar surface area (TPSA) is 24.4 Å². The van der Waals surface area contributed by atoms with Crippen LogP contribution in [0.25, 0.3) is 0 Å². The number of nitrogens with one attached hydrogen (secondary N) is 1. The molecule has 0 spiro atoms. The molecule has 1 heterocycles. The van der Waals surface area contributed by atoms with Crippen LogP contribution in [0.4, 0.5) is 0 Å². The lowest BCUT2D eigenvalue weighted by molar-refractivity contribution is 0.823. The van der Waals surface area contributed by atoms with E-state index in [1.807, 2.05) is 24.4 Å². The quantitative estimate of drug-likeness (QED) is 0.715. The summed E-state index contributed by atoms with van der Waals surface area (Å²) in [4.78, 5) is 4.57. The van der Waals surface area contributed by atoms with Crippen molar-refractivity contribution < 1.29 is 0 Å². The van der Waals surface area contributed by atoms with Gasteiger partial charge in [0.2, 0.25) is 0 Å². The highest BCUT2D eigenvalue weighted by Gasteiger charge is 2.10. The van der Waals surface area contributed by atoms with Gasteiger partial charge in [0, 0.05) is 11.8 Å². The van der Waals surface area contributed by atoms with Crippen LogP contribution >= 0.6 is 0 Å².